The van der Waals surface area contributed by atoms with Gasteiger partial charge in [0.05, 0.1) is 7.11 Å². The molecule has 6 nitrogen and oxygen atoms in total. The minimum Gasteiger partial charge on any atom is -0.493 e. The van der Waals surface area contributed by atoms with Gasteiger partial charge in [0.1, 0.15) is 6.61 Å². The van der Waals surface area contributed by atoms with E-state index in [0.717, 1.165) is 10.0 Å². The van der Waals surface area contributed by atoms with Gasteiger partial charge in [0.2, 0.25) is 0 Å². The zero-order chi connectivity index (χ0) is 15.2. The summed E-state index contributed by atoms with van der Waals surface area (Å²) in [5, 5.41) is 11.6. The number of ether oxygens (including phenoxy) is 2. The Balaban J connectivity index is 2.16. The van der Waals surface area contributed by atoms with E-state index in [2.05, 4.69) is 26.1 Å². The first-order chi connectivity index (χ1) is 10.1. The van der Waals surface area contributed by atoms with Crippen LogP contribution in [0, 0.1) is 0 Å². The molecule has 0 aliphatic carbocycles. The van der Waals surface area contributed by atoms with Gasteiger partial charge in [-0.3, -0.25) is 4.98 Å². The van der Waals surface area contributed by atoms with Gasteiger partial charge in [-0.05, 0) is 40.2 Å². The first-order valence-corrected chi connectivity index (χ1v) is 6.81. The highest BCUT2D eigenvalue weighted by Gasteiger charge is 2.09. The van der Waals surface area contributed by atoms with Crippen LogP contribution in [0.1, 0.15) is 11.1 Å². The number of pyridine rings is 1. The standard InChI is InChI=1S/C14H14BrN3O3/c1-20-13-5-10(14(16)18-19)2-3-12(13)21-8-9-4-11(15)7-17-6-9/h2-7,19H,8H2,1H3,(H2,16,18). The first kappa shape index (κ1) is 15.1. The zero-order valence-corrected chi connectivity index (χ0v) is 12.9. The van der Waals surface area contributed by atoms with E-state index in [-0.39, 0.29) is 5.84 Å². The summed E-state index contributed by atoms with van der Waals surface area (Å²) < 4.78 is 11.8. The van der Waals surface area contributed by atoms with Crippen LogP contribution in [0.3, 0.4) is 0 Å². The number of amidine groups is 1. The van der Waals surface area contributed by atoms with E-state index < -0.39 is 0 Å². The summed E-state index contributed by atoms with van der Waals surface area (Å²) in [5.74, 6) is 1.07. The van der Waals surface area contributed by atoms with Crippen LogP contribution < -0.4 is 15.2 Å². The van der Waals surface area contributed by atoms with Gasteiger partial charge in [0.15, 0.2) is 17.3 Å². The number of nitrogens with zero attached hydrogens (tertiary/aromatic N) is 2. The Labute approximate surface area is 130 Å². The van der Waals surface area contributed by atoms with Crippen LogP contribution in [-0.4, -0.2) is 23.1 Å². The Bertz CT molecular complexity index is 662. The average Bonchev–Trinajstić information content (AvgIpc) is 2.52. The SMILES string of the molecule is COc1cc(/C(N)=N/O)ccc1OCc1cncc(Br)c1. The number of oxime groups is 1. The van der Waals surface area contributed by atoms with E-state index in [0.29, 0.717) is 23.7 Å². The molecule has 1 heterocycles. The molecule has 0 aliphatic rings. The fourth-order valence-corrected chi connectivity index (χ4v) is 2.11. The molecule has 0 spiro atoms. The molecule has 0 atom stereocenters. The second kappa shape index (κ2) is 6.94. The second-order valence-electron chi connectivity index (χ2n) is 4.15. The molecule has 1 aromatic carbocycles. The summed E-state index contributed by atoms with van der Waals surface area (Å²) in [5.41, 5.74) is 7.01. The predicted octanol–water partition coefficient (Wildman–Crippen LogP) is 2.53. The molecular weight excluding hydrogens is 338 g/mol. The quantitative estimate of drug-likeness (QED) is 0.374. The van der Waals surface area contributed by atoms with E-state index in [1.165, 1.54) is 7.11 Å². The minimum absolute atomic E-state index is 0.0102. The predicted molar refractivity (Wildman–Crippen MR) is 81.8 cm³/mol. The molecule has 0 saturated carbocycles. The van der Waals surface area contributed by atoms with Gasteiger partial charge < -0.3 is 20.4 Å². The lowest BCUT2D eigenvalue weighted by molar-refractivity contribution is 0.284. The van der Waals surface area contributed by atoms with Crippen LogP contribution in [0.4, 0.5) is 0 Å². The third-order valence-electron chi connectivity index (χ3n) is 2.72. The number of hydrogen-bond acceptors (Lipinski definition) is 5. The highest BCUT2D eigenvalue weighted by Crippen LogP contribution is 2.28. The third-order valence-corrected chi connectivity index (χ3v) is 3.16. The summed E-state index contributed by atoms with van der Waals surface area (Å²) in [6, 6.07) is 6.96. The molecule has 0 unspecified atom stereocenters. The molecule has 1 aromatic heterocycles. The molecule has 0 amide bonds. The number of aromatic nitrogens is 1. The van der Waals surface area contributed by atoms with Crippen LogP contribution in [0.25, 0.3) is 0 Å². The van der Waals surface area contributed by atoms with E-state index in [1.807, 2.05) is 6.07 Å². The van der Waals surface area contributed by atoms with Gasteiger partial charge in [-0.1, -0.05) is 5.16 Å². The maximum atomic E-state index is 8.68. The Morgan fingerprint density at radius 1 is 1.33 bits per heavy atom. The Hall–Kier alpha value is -2.28. The molecule has 110 valence electrons. The van der Waals surface area contributed by atoms with Crippen LogP contribution in [-0.2, 0) is 6.61 Å². The van der Waals surface area contributed by atoms with Crippen molar-refractivity contribution >= 4 is 21.8 Å². The van der Waals surface area contributed by atoms with Gasteiger partial charge in [-0.15, -0.1) is 0 Å². The Kier molecular flexibility index (Phi) is 4.99. The molecule has 0 radical (unpaired) electrons. The monoisotopic (exact) mass is 351 g/mol. The normalized spacial score (nSPS) is 11.2. The van der Waals surface area contributed by atoms with Gasteiger partial charge in [-0.25, -0.2) is 0 Å². The molecule has 2 rings (SSSR count). The third kappa shape index (κ3) is 3.85. The number of benzene rings is 1. The lowest BCUT2D eigenvalue weighted by Crippen LogP contribution is -2.13. The zero-order valence-electron chi connectivity index (χ0n) is 11.3. The van der Waals surface area contributed by atoms with Gasteiger partial charge in [0.25, 0.3) is 0 Å². The van der Waals surface area contributed by atoms with E-state index in [4.69, 9.17) is 20.4 Å². The number of halogens is 1. The van der Waals surface area contributed by atoms with Crippen molar-refractivity contribution < 1.29 is 14.7 Å². The van der Waals surface area contributed by atoms with Crippen LogP contribution >= 0.6 is 15.9 Å². The summed E-state index contributed by atoms with van der Waals surface area (Å²) >= 11 is 3.36. The maximum Gasteiger partial charge on any atom is 0.170 e. The maximum absolute atomic E-state index is 8.68. The van der Waals surface area contributed by atoms with Crippen molar-refractivity contribution in [2.24, 2.45) is 10.9 Å². The fraction of sp³-hybridized carbons (Fsp3) is 0.143. The van der Waals surface area contributed by atoms with Crippen molar-refractivity contribution in [2.45, 2.75) is 6.61 Å². The summed E-state index contributed by atoms with van der Waals surface area (Å²) in [6.45, 7) is 0.353. The van der Waals surface area contributed by atoms with E-state index >= 15 is 0 Å². The number of hydrogen-bond donors (Lipinski definition) is 2. The molecule has 3 N–H and O–H groups in total. The van der Waals surface area contributed by atoms with Crippen molar-refractivity contribution in [3.05, 3.63) is 52.3 Å². The van der Waals surface area contributed by atoms with Gasteiger partial charge in [-0.2, -0.15) is 0 Å². The van der Waals surface area contributed by atoms with Crippen molar-refractivity contribution in [1.29, 1.82) is 0 Å². The molecular formula is C14H14BrN3O3. The number of methoxy groups -OCH3 is 1. The van der Waals surface area contributed by atoms with Crippen molar-refractivity contribution in [3.8, 4) is 11.5 Å². The smallest absolute Gasteiger partial charge is 0.170 e. The first-order valence-electron chi connectivity index (χ1n) is 6.02. The summed E-state index contributed by atoms with van der Waals surface area (Å²) in [4.78, 5) is 4.07. The van der Waals surface area contributed by atoms with Crippen LogP contribution in [0.15, 0.2) is 46.3 Å². The molecule has 21 heavy (non-hydrogen) atoms. The molecule has 7 heteroatoms. The number of nitrogens with two attached hydrogens (primary N) is 1. The highest BCUT2D eigenvalue weighted by atomic mass is 79.9. The van der Waals surface area contributed by atoms with Gasteiger partial charge >= 0.3 is 0 Å². The largest absolute Gasteiger partial charge is 0.493 e. The molecule has 0 saturated heterocycles. The van der Waals surface area contributed by atoms with Crippen LogP contribution in [0.2, 0.25) is 0 Å². The molecule has 0 fully saturated rings. The van der Waals surface area contributed by atoms with E-state index in [9.17, 15) is 0 Å². The second-order valence-corrected chi connectivity index (χ2v) is 5.07. The Morgan fingerprint density at radius 3 is 2.81 bits per heavy atom. The lowest BCUT2D eigenvalue weighted by atomic mass is 10.2. The fourth-order valence-electron chi connectivity index (χ4n) is 1.70. The lowest BCUT2D eigenvalue weighted by Gasteiger charge is -2.12. The summed E-state index contributed by atoms with van der Waals surface area (Å²) in [6.07, 6.45) is 3.43. The van der Waals surface area contributed by atoms with E-state index in [1.54, 1.807) is 30.6 Å². The summed E-state index contributed by atoms with van der Waals surface area (Å²) in [7, 11) is 1.53. The molecule has 0 aliphatic heterocycles. The van der Waals surface area contributed by atoms with Crippen molar-refractivity contribution in [1.82, 2.24) is 4.98 Å². The van der Waals surface area contributed by atoms with Crippen LogP contribution in [0.5, 0.6) is 11.5 Å². The number of rotatable bonds is 5. The molecule has 2 aromatic rings. The van der Waals surface area contributed by atoms with Crippen molar-refractivity contribution in [2.75, 3.05) is 7.11 Å². The topological polar surface area (TPSA) is 90.0 Å². The highest BCUT2D eigenvalue weighted by molar-refractivity contribution is 9.10. The molecule has 0 bridgehead atoms. The van der Waals surface area contributed by atoms with Crippen molar-refractivity contribution in [3.63, 3.8) is 0 Å². The van der Waals surface area contributed by atoms with Gasteiger partial charge in [0, 0.05) is 28.0 Å². The minimum atomic E-state index is 0.0102. The average molecular weight is 352 g/mol. The Morgan fingerprint density at radius 2 is 2.14 bits per heavy atom.